The van der Waals surface area contributed by atoms with Crippen molar-refractivity contribution in [2.24, 2.45) is 0 Å². The highest BCUT2D eigenvalue weighted by Gasteiger charge is 2.11. The second kappa shape index (κ2) is 4.86. The van der Waals surface area contributed by atoms with E-state index < -0.39 is 0 Å². The normalized spacial score (nSPS) is 10.9. The third kappa shape index (κ3) is 2.46. The van der Waals surface area contributed by atoms with Crippen molar-refractivity contribution in [3.8, 4) is 11.6 Å². The van der Waals surface area contributed by atoms with Gasteiger partial charge in [0.25, 0.3) is 0 Å². The summed E-state index contributed by atoms with van der Waals surface area (Å²) in [7, 11) is 0. The molecular formula is C13H10BrN3OS. The van der Waals surface area contributed by atoms with Crippen molar-refractivity contribution in [3.63, 3.8) is 0 Å². The Kier molecular flexibility index (Phi) is 3.20. The van der Waals surface area contributed by atoms with E-state index in [0.29, 0.717) is 16.2 Å². The van der Waals surface area contributed by atoms with Crippen LogP contribution in [0.25, 0.3) is 10.2 Å². The van der Waals surface area contributed by atoms with E-state index in [1.54, 1.807) is 11.3 Å². The summed E-state index contributed by atoms with van der Waals surface area (Å²) in [6.45, 7) is 3.97. The van der Waals surface area contributed by atoms with Crippen LogP contribution in [0, 0.1) is 13.8 Å². The molecule has 0 bridgehead atoms. The zero-order valence-electron chi connectivity index (χ0n) is 10.3. The fraction of sp³-hybridized carbons (Fsp3) is 0.154. The quantitative estimate of drug-likeness (QED) is 0.656. The summed E-state index contributed by atoms with van der Waals surface area (Å²) in [5.74, 6) is 1.20. The van der Waals surface area contributed by atoms with E-state index in [4.69, 9.17) is 4.74 Å². The summed E-state index contributed by atoms with van der Waals surface area (Å²) in [6.07, 6.45) is 1.52. The lowest BCUT2D eigenvalue weighted by atomic mass is 10.3. The van der Waals surface area contributed by atoms with Crippen molar-refractivity contribution in [1.82, 2.24) is 15.0 Å². The van der Waals surface area contributed by atoms with Gasteiger partial charge in [-0.25, -0.2) is 15.0 Å². The predicted octanol–water partition coefficient (Wildman–Crippen LogP) is 4.26. The second-order valence-electron chi connectivity index (χ2n) is 4.10. The Morgan fingerprint density at radius 1 is 1.21 bits per heavy atom. The third-order valence-corrected chi connectivity index (χ3v) is 4.10. The van der Waals surface area contributed by atoms with Crippen LogP contribution in [0.3, 0.4) is 0 Å². The molecular weight excluding hydrogens is 326 g/mol. The number of hydrogen-bond donors (Lipinski definition) is 0. The minimum absolute atomic E-state index is 0.556. The largest absolute Gasteiger partial charge is 0.435 e. The average molecular weight is 336 g/mol. The van der Waals surface area contributed by atoms with E-state index in [2.05, 4.69) is 30.9 Å². The number of halogens is 1. The van der Waals surface area contributed by atoms with Crippen molar-refractivity contribution in [3.05, 3.63) is 39.7 Å². The van der Waals surface area contributed by atoms with Crippen LogP contribution in [0.1, 0.15) is 10.6 Å². The molecule has 4 nitrogen and oxygen atoms in total. The summed E-state index contributed by atoms with van der Waals surface area (Å²) in [4.78, 5) is 14.9. The number of aryl methyl sites for hydroxylation is 2. The third-order valence-electron chi connectivity index (χ3n) is 2.58. The number of hydrogen-bond acceptors (Lipinski definition) is 5. The Hall–Kier alpha value is -1.53. The van der Waals surface area contributed by atoms with Crippen LogP contribution in [0.15, 0.2) is 29.1 Å². The first kappa shape index (κ1) is 12.5. The highest BCUT2D eigenvalue weighted by Crippen LogP contribution is 2.33. The molecule has 0 fully saturated rings. The zero-order valence-corrected chi connectivity index (χ0v) is 12.7. The molecule has 19 heavy (non-hydrogen) atoms. The van der Waals surface area contributed by atoms with Gasteiger partial charge in [0, 0.05) is 10.6 Å². The summed E-state index contributed by atoms with van der Waals surface area (Å²) >= 11 is 5.02. The molecule has 0 saturated carbocycles. The Morgan fingerprint density at radius 3 is 2.84 bits per heavy atom. The maximum absolute atomic E-state index is 5.84. The number of aromatic nitrogens is 3. The van der Waals surface area contributed by atoms with Gasteiger partial charge in [0.15, 0.2) is 5.75 Å². The average Bonchev–Trinajstić information content (AvgIpc) is 2.74. The molecule has 3 rings (SSSR count). The Balaban J connectivity index is 2.05. The molecule has 0 N–H and O–H groups in total. The lowest BCUT2D eigenvalue weighted by Gasteiger charge is -2.07. The van der Waals surface area contributed by atoms with Gasteiger partial charge in [0.1, 0.15) is 15.8 Å². The van der Waals surface area contributed by atoms with E-state index in [0.717, 1.165) is 15.9 Å². The van der Waals surface area contributed by atoms with Crippen LogP contribution in [0.4, 0.5) is 0 Å². The topological polar surface area (TPSA) is 47.9 Å². The maximum Gasteiger partial charge on any atom is 0.231 e. The van der Waals surface area contributed by atoms with Crippen molar-refractivity contribution in [2.75, 3.05) is 0 Å². The molecule has 0 aliphatic carbocycles. The molecule has 0 saturated heterocycles. The smallest absolute Gasteiger partial charge is 0.231 e. The first-order chi connectivity index (χ1) is 9.13. The van der Waals surface area contributed by atoms with Crippen molar-refractivity contribution in [1.29, 1.82) is 0 Å². The van der Waals surface area contributed by atoms with Gasteiger partial charge in [0.05, 0.1) is 5.39 Å². The second-order valence-corrected chi connectivity index (χ2v) is 6.08. The van der Waals surface area contributed by atoms with E-state index in [-0.39, 0.29) is 0 Å². The van der Waals surface area contributed by atoms with E-state index in [9.17, 15) is 0 Å². The number of fused-ring (bicyclic) bond motifs is 1. The standard InChI is InChI=1S/C13H10BrN3OS/c1-7-3-4-10(11(14)17-7)18-12-9-5-8(2)19-13(9)16-6-15-12/h3-6H,1-2H3. The molecule has 0 unspecified atom stereocenters. The molecule has 0 spiro atoms. The van der Waals surface area contributed by atoms with Crippen LogP contribution < -0.4 is 4.74 Å². The van der Waals surface area contributed by atoms with E-state index in [1.165, 1.54) is 11.2 Å². The van der Waals surface area contributed by atoms with Crippen LogP contribution in [0.2, 0.25) is 0 Å². The van der Waals surface area contributed by atoms with Crippen LogP contribution in [0.5, 0.6) is 11.6 Å². The Labute approximate surface area is 122 Å². The molecule has 96 valence electrons. The van der Waals surface area contributed by atoms with Crippen molar-refractivity contribution < 1.29 is 4.74 Å². The summed E-state index contributed by atoms with van der Waals surface area (Å²) in [6, 6.07) is 5.81. The van der Waals surface area contributed by atoms with Gasteiger partial charge in [-0.15, -0.1) is 11.3 Å². The molecule has 0 amide bonds. The number of pyridine rings is 1. The molecule has 0 aromatic carbocycles. The molecule has 0 aliphatic heterocycles. The number of nitrogens with zero attached hydrogens (tertiary/aromatic N) is 3. The number of thiophene rings is 1. The molecule has 3 aromatic heterocycles. The fourth-order valence-corrected chi connectivity index (χ4v) is 3.06. The Morgan fingerprint density at radius 2 is 2.05 bits per heavy atom. The minimum Gasteiger partial charge on any atom is -0.435 e. The van der Waals surface area contributed by atoms with Crippen molar-refractivity contribution >= 4 is 37.5 Å². The maximum atomic E-state index is 5.84. The summed E-state index contributed by atoms with van der Waals surface area (Å²) in [5, 5.41) is 0.928. The zero-order chi connectivity index (χ0) is 13.4. The van der Waals surface area contributed by atoms with Crippen LogP contribution >= 0.6 is 27.3 Å². The van der Waals surface area contributed by atoms with Gasteiger partial charge >= 0.3 is 0 Å². The molecule has 0 atom stereocenters. The van der Waals surface area contributed by atoms with Gasteiger partial charge in [0.2, 0.25) is 5.88 Å². The van der Waals surface area contributed by atoms with Crippen LogP contribution in [-0.4, -0.2) is 15.0 Å². The number of rotatable bonds is 2. The fourth-order valence-electron chi connectivity index (χ4n) is 1.73. The highest BCUT2D eigenvalue weighted by molar-refractivity contribution is 9.10. The van der Waals surface area contributed by atoms with Crippen LogP contribution in [-0.2, 0) is 0 Å². The minimum atomic E-state index is 0.556. The number of ether oxygens (including phenoxy) is 1. The predicted molar refractivity (Wildman–Crippen MR) is 78.9 cm³/mol. The SMILES string of the molecule is Cc1ccc(Oc2ncnc3sc(C)cc23)c(Br)n1. The van der Waals surface area contributed by atoms with Crippen molar-refractivity contribution in [2.45, 2.75) is 13.8 Å². The van der Waals surface area contributed by atoms with E-state index in [1.807, 2.05) is 32.0 Å². The van der Waals surface area contributed by atoms with E-state index >= 15 is 0 Å². The molecule has 6 heteroatoms. The molecule has 3 aromatic rings. The Bertz CT molecular complexity index is 757. The first-order valence-corrected chi connectivity index (χ1v) is 7.26. The van der Waals surface area contributed by atoms with Gasteiger partial charge in [-0.3, -0.25) is 0 Å². The van der Waals surface area contributed by atoms with Gasteiger partial charge < -0.3 is 4.74 Å². The summed E-state index contributed by atoms with van der Waals surface area (Å²) < 4.78 is 6.51. The van der Waals surface area contributed by atoms with Gasteiger partial charge in [-0.2, -0.15) is 0 Å². The lowest BCUT2D eigenvalue weighted by Crippen LogP contribution is -1.92. The highest BCUT2D eigenvalue weighted by atomic mass is 79.9. The monoisotopic (exact) mass is 335 g/mol. The molecule has 3 heterocycles. The molecule has 0 radical (unpaired) electrons. The summed E-state index contributed by atoms with van der Waals surface area (Å²) in [5.41, 5.74) is 0.929. The van der Waals surface area contributed by atoms with Gasteiger partial charge in [-0.1, -0.05) is 0 Å². The molecule has 0 aliphatic rings. The lowest BCUT2D eigenvalue weighted by molar-refractivity contribution is 0.462. The first-order valence-electron chi connectivity index (χ1n) is 5.65. The van der Waals surface area contributed by atoms with Gasteiger partial charge in [-0.05, 0) is 48.0 Å².